The van der Waals surface area contributed by atoms with Gasteiger partial charge in [0.25, 0.3) is 0 Å². The molecule has 3 nitrogen and oxygen atoms in total. The third-order valence-corrected chi connectivity index (χ3v) is 3.39. The molecule has 0 saturated carbocycles. The predicted octanol–water partition coefficient (Wildman–Crippen LogP) is 2.41. The fourth-order valence-corrected chi connectivity index (χ4v) is 2.55. The van der Waals surface area contributed by atoms with E-state index in [0.29, 0.717) is 10.7 Å². The van der Waals surface area contributed by atoms with E-state index in [1.807, 2.05) is 18.2 Å². The quantitative estimate of drug-likeness (QED) is 0.837. The first-order valence-corrected chi connectivity index (χ1v) is 6.28. The van der Waals surface area contributed by atoms with Gasteiger partial charge in [-0.15, -0.1) is 0 Å². The van der Waals surface area contributed by atoms with Crippen LogP contribution in [0.4, 0.5) is 11.4 Å². The molecule has 1 aromatic carbocycles. The lowest BCUT2D eigenvalue weighted by Crippen LogP contribution is -2.20. The Kier molecular flexibility index (Phi) is 2.72. The normalized spacial score (nSPS) is 13.4. The molecule has 2 heterocycles. The van der Waals surface area contributed by atoms with Crippen LogP contribution in [0.3, 0.4) is 0 Å². The number of nitrogens with zero attached hydrogens (tertiary/aromatic N) is 2. The molecule has 3 rings (SSSR count). The highest BCUT2D eigenvalue weighted by molar-refractivity contribution is 7.80. The molecular formula is C14H13N3S. The van der Waals surface area contributed by atoms with Crippen LogP contribution in [-0.4, -0.2) is 16.5 Å². The molecule has 0 spiro atoms. The largest absolute Gasteiger partial charge is 0.388 e. The van der Waals surface area contributed by atoms with Crippen LogP contribution in [-0.2, 0) is 6.42 Å². The summed E-state index contributed by atoms with van der Waals surface area (Å²) >= 11 is 5.07. The number of anilines is 2. The number of rotatable bonds is 2. The van der Waals surface area contributed by atoms with Crippen molar-refractivity contribution in [2.24, 2.45) is 5.73 Å². The summed E-state index contributed by atoms with van der Waals surface area (Å²) in [6, 6.07) is 12.3. The second-order valence-corrected chi connectivity index (χ2v) is 4.71. The predicted molar refractivity (Wildman–Crippen MR) is 77.3 cm³/mol. The van der Waals surface area contributed by atoms with Crippen molar-refractivity contribution in [3.8, 4) is 0 Å². The molecular weight excluding hydrogens is 242 g/mol. The van der Waals surface area contributed by atoms with E-state index < -0.39 is 0 Å². The molecule has 0 saturated heterocycles. The van der Waals surface area contributed by atoms with Gasteiger partial charge in [-0.1, -0.05) is 30.4 Å². The summed E-state index contributed by atoms with van der Waals surface area (Å²) < 4.78 is 0. The Morgan fingerprint density at radius 3 is 2.78 bits per heavy atom. The number of aromatic nitrogens is 1. The van der Waals surface area contributed by atoms with Crippen LogP contribution in [0, 0.1) is 0 Å². The molecule has 90 valence electrons. The van der Waals surface area contributed by atoms with Crippen LogP contribution < -0.4 is 10.6 Å². The van der Waals surface area contributed by atoms with Gasteiger partial charge in [0, 0.05) is 18.4 Å². The molecule has 0 fully saturated rings. The average Bonchev–Trinajstić information content (AvgIpc) is 2.82. The van der Waals surface area contributed by atoms with Crippen molar-refractivity contribution in [3.05, 3.63) is 53.9 Å². The van der Waals surface area contributed by atoms with E-state index >= 15 is 0 Å². The summed E-state index contributed by atoms with van der Waals surface area (Å²) in [5, 5.41) is 0. The van der Waals surface area contributed by atoms with E-state index in [-0.39, 0.29) is 0 Å². The van der Waals surface area contributed by atoms with Gasteiger partial charge in [0.05, 0.1) is 5.69 Å². The smallest absolute Gasteiger partial charge is 0.124 e. The lowest BCUT2D eigenvalue weighted by molar-refractivity contribution is 0.990. The summed E-state index contributed by atoms with van der Waals surface area (Å²) in [7, 11) is 0. The highest BCUT2D eigenvalue weighted by atomic mass is 32.1. The topological polar surface area (TPSA) is 42.1 Å². The highest BCUT2D eigenvalue weighted by Gasteiger charge is 2.22. The molecule has 0 bridgehead atoms. The molecule has 18 heavy (non-hydrogen) atoms. The number of nitrogens with two attached hydrogens (primary N) is 1. The van der Waals surface area contributed by atoms with Crippen molar-refractivity contribution in [1.82, 2.24) is 4.98 Å². The van der Waals surface area contributed by atoms with E-state index in [1.165, 1.54) is 11.3 Å². The molecule has 1 aromatic heterocycles. The van der Waals surface area contributed by atoms with Crippen molar-refractivity contribution in [2.75, 3.05) is 11.4 Å². The van der Waals surface area contributed by atoms with Crippen molar-refractivity contribution in [3.63, 3.8) is 0 Å². The molecule has 0 amide bonds. The SMILES string of the molecule is NC(=S)c1ncccc1N1CCc2ccccc21. The Morgan fingerprint density at radius 1 is 1.17 bits per heavy atom. The zero-order chi connectivity index (χ0) is 12.5. The van der Waals surface area contributed by atoms with Gasteiger partial charge in [-0.2, -0.15) is 0 Å². The van der Waals surface area contributed by atoms with E-state index in [4.69, 9.17) is 18.0 Å². The summed E-state index contributed by atoms with van der Waals surface area (Å²) in [6.45, 7) is 0.945. The molecule has 4 heteroatoms. The molecule has 2 aromatic rings. The van der Waals surface area contributed by atoms with Crippen LogP contribution in [0.1, 0.15) is 11.3 Å². The number of hydrogen-bond donors (Lipinski definition) is 1. The first kappa shape index (κ1) is 11.2. The van der Waals surface area contributed by atoms with Crippen LogP contribution in [0.15, 0.2) is 42.6 Å². The Labute approximate surface area is 111 Å². The summed E-state index contributed by atoms with van der Waals surface area (Å²) in [6.07, 6.45) is 2.77. The molecule has 0 atom stereocenters. The zero-order valence-corrected chi connectivity index (χ0v) is 10.7. The van der Waals surface area contributed by atoms with Gasteiger partial charge in [-0.3, -0.25) is 4.98 Å². The van der Waals surface area contributed by atoms with Gasteiger partial charge in [0.1, 0.15) is 10.7 Å². The van der Waals surface area contributed by atoms with Crippen molar-refractivity contribution >= 4 is 28.6 Å². The zero-order valence-electron chi connectivity index (χ0n) is 9.84. The van der Waals surface area contributed by atoms with Gasteiger partial charge in [-0.05, 0) is 30.2 Å². The molecule has 0 unspecified atom stereocenters. The van der Waals surface area contributed by atoms with Crippen molar-refractivity contribution < 1.29 is 0 Å². The third kappa shape index (κ3) is 1.75. The van der Waals surface area contributed by atoms with Gasteiger partial charge < -0.3 is 10.6 Å². The minimum Gasteiger partial charge on any atom is -0.388 e. The lowest BCUT2D eigenvalue weighted by atomic mass is 10.2. The minimum atomic E-state index is 0.343. The van der Waals surface area contributed by atoms with Gasteiger partial charge in [0.15, 0.2) is 0 Å². The van der Waals surface area contributed by atoms with E-state index in [0.717, 1.165) is 18.7 Å². The number of para-hydroxylation sites is 1. The number of pyridine rings is 1. The maximum atomic E-state index is 5.74. The lowest BCUT2D eigenvalue weighted by Gasteiger charge is -2.21. The monoisotopic (exact) mass is 255 g/mol. The van der Waals surface area contributed by atoms with Crippen molar-refractivity contribution in [1.29, 1.82) is 0 Å². The molecule has 0 radical (unpaired) electrons. The van der Waals surface area contributed by atoms with E-state index in [1.54, 1.807) is 6.20 Å². The number of thiocarbonyl (C=S) groups is 1. The van der Waals surface area contributed by atoms with E-state index in [9.17, 15) is 0 Å². The highest BCUT2D eigenvalue weighted by Crippen LogP contribution is 2.35. The first-order valence-electron chi connectivity index (χ1n) is 5.87. The maximum Gasteiger partial charge on any atom is 0.124 e. The summed E-state index contributed by atoms with van der Waals surface area (Å²) in [4.78, 5) is 6.86. The molecule has 2 N–H and O–H groups in total. The summed E-state index contributed by atoms with van der Waals surface area (Å²) in [5.41, 5.74) is 10.0. The van der Waals surface area contributed by atoms with Gasteiger partial charge in [0.2, 0.25) is 0 Å². The van der Waals surface area contributed by atoms with Crippen LogP contribution in [0.2, 0.25) is 0 Å². The van der Waals surface area contributed by atoms with Gasteiger partial charge in [-0.25, -0.2) is 0 Å². The molecule has 1 aliphatic heterocycles. The second-order valence-electron chi connectivity index (χ2n) is 4.27. The number of fused-ring (bicyclic) bond motifs is 1. The van der Waals surface area contributed by atoms with Crippen LogP contribution in [0.25, 0.3) is 0 Å². The fraction of sp³-hybridized carbons (Fsp3) is 0.143. The maximum absolute atomic E-state index is 5.74. The van der Waals surface area contributed by atoms with Gasteiger partial charge >= 0.3 is 0 Å². The van der Waals surface area contributed by atoms with Crippen LogP contribution in [0.5, 0.6) is 0 Å². The molecule has 0 aliphatic carbocycles. The molecule has 1 aliphatic rings. The minimum absolute atomic E-state index is 0.343. The number of hydrogen-bond acceptors (Lipinski definition) is 3. The fourth-order valence-electron chi connectivity index (χ4n) is 2.39. The Morgan fingerprint density at radius 2 is 1.94 bits per heavy atom. The summed E-state index contributed by atoms with van der Waals surface area (Å²) in [5.74, 6) is 0. The average molecular weight is 255 g/mol. The van der Waals surface area contributed by atoms with Crippen LogP contribution >= 0.6 is 12.2 Å². The third-order valence-electron chi connectivity index (χ3n) is 3.20. The van der Waals surface area contributed by atoms with E-state index in [2.05, 4.69) is 28.1 Å². The number of benzene rings is 1. The first-order chi connectivity index (χ1) is 8.77. The second kappa shape index (κ2) is 4.38. The Balaban J connectivity index is 2.10. The Bertz CT molecular complexity index is 609. The van der Waals surface area contributed by atoms with Crippen molar-refractivity contribution in [2.45, 2.75) is 6.42 Å². The standard InChI is InChI=1S/C14H13N3S/c15-14(18)13-12(6-3-8-16-13)17-9-7-10-4-1-2-5-11(10)17/h1-6,8H,7,9H2,(H2,15,18). The Hall–Kier alpha value is -1.94.